The van der Waals surface area contributed by atoms with Gasteiger partial charge in [0.15, 0.2) is 0 Å². The van der Waals surface area contributed by atoms with Crippen LogP contribution in [0, 0.1) is 0 Å². The van der Waals surface area contributed by atoms with Gasteiger partial charge in [0, 0.05) is 0 Å². The van der Waals surface area contributed by atoms with Crippen LogP contribution in [0.3, 0.4) is 0 Å². The third kappa shape index (κ3) is 3.74. The number of rotatable bonds is 2. The summed E-state index contributed by atoms with van der Waals surface area (Å²) < 4.78 is 0. The lowest BCUT2D eigenvalue weighted by Crippen LogP contribution is -1.89. The molecule has 0 bridgehead atoms. The van der Waals surface area contributed by atoms with Gasteiger partial charge in [-0.1, -0.05) is 146 Å². The largest absolute Gasteiger partial charge is 0.0616 e. The summed E-state index contributed by atoms with van der Waals surface area (Å²) in [5, 5.41) is 18.0. The third-order valence-electron chi connectivity index (χ3n) is 9.99. The van der Waals surface area contributed by atoms with Crippen LogP contribution in [-0.4, -0.2) is 0 Å². The first-order chi connectivity index (χ1) is 22.8. The maximum absolute atomic E-state index is 2.38. The molecule has 0 fully saturated rings. The van der Waals surface area contributed by atoms with Crippen molar-refractivity contribution in [2.75, 3.05) is 0 Å². The summed E-state index contributed by atoms with van der Waals surface area (Å²) in [4.78, 5) is 0. The Morgan fingerprint density at radius 2 is 0.500 bits per heavy atom. The van der Waals surface area contributed by atoms with Crippen LogP contribution in [-0.2, 0) is 0 Å². The van der Waals surface area contributed by atoms with Crippen LogP contribution in [0.2, 0.25) is 0 Å². The Morgan fingerprint density at radius 1 is 0.174 bits per heavy atom. The van der Waals surface area contributed by atoms with Crippen LogP contribution in [0.4, 0.5) is 0 Å². The molecule has 10 aromatic rings. The molecular weight excluding hydrogens is 553 g/mol. The molecular formula is C46H28. The van der Waals surface area contributed by atoms with Gasteiger partial charge < -0.3 is 0 Å². The number of hydrogen-bond acceptors (Lipinski definition) is 0. The van der Waals surface area contributed by atoms with Crippen molar-refractivity contribution in [2.45, 2.75) is 0 Å². The maximum atomic E-state index is 2.38. The molecule has 0 aliphatic heterocycles. The molecule has 0 heterocycles. The van der Waals surface area contributed by atoms with Crippen molar-refractivity contribution in [3.8, 4) is 22.3 Å². The summed E-state index contributed by atoms with van der Waals surface area (Å²) in [6.45, 7) is 0. The first-order valence-corrected chi connectivity index (χ1v) is 16.0. The normalized spacial score (nSPS) is 11.9. The van der Waals surface area contributed by atoms with E-state index in [2.05, 4.69) is 170 Å². The second-order valence-electron chi connectivity index (χ2n) is 12.5. The van der Waals surface area contributed by atoms with Gasteiger partial charge >= 0.3 is 0 Å². The molecule has 0 unspecified atom stereocenters. The molecule has 10 rings (SSSR count). The van der Waals surface area contributed by atoms with E-state index in [1.807, 2.05) is 0 Å². The van der Waals surface area contributed by atoms with Gasteiger partial charge in [0.05, 0.1) is 0 Å². The zero-order valence-electron chi connectivity index (χ0n) is 25.2. The molecule has 0 spiro atoms. The van der Waals surface area contributed by atoms with E-state index in [-0.39, 0.29) is 0 Å². The van der Waals surface area contributed by atoms with Crippen LogP contribution in [0.25, 0.3) is 97.7 Å². The van der Waals surface area contributed by atoms with Crippen LogP contribution in [0.15, 0.2) is 170 Å². The molecule has 10 aromatic carbocycles. The van der Waals surface area contributed by atoms with E-state index in [1.165, 1.54) is 97.7 Å². The summed E-state index contributed by atoms with van der Waals surface area (Å²) in [5.41, 5.74) is 5.07. The van der Waals surface area contributed by atoms with Gasteiger partial charge in [0.1, 0.15) is 0 Å². The SMILES string of the molecule is c1cc(-c2ccc(-c3cccc4cc5c(ccc6ccccc65)cc34)c3ccccc23)c2cc3ccc4ccccc4c3cc2c1. The molecule has 0 aliphatic rings. The Bertz CT molecular complexity index is 2660. The molecule has 46 heavy (non-hydrogen) atoms. The van der Waals surface area contributed by atoms with Crippen molar-refractivity contribution < 1.29 is 0 Å². The van der Waals surface area contributed by atoms with Gasteiger partial charge in [-0.15, -0.1) is 0 Å². The highest BCUT2D eigenvalue weighted by atomic mass is 14.2. The van der Waals surface area contributed by atoms with Crippen LogP contribution >= 0.6 is 0 Å². The minimum absolute atomic E-state index is 1.27. The van der Waals surface area contributed by atoms with Crippen molar-refractivity contribution in [3.63, 3.8) is 0 Å². The van der Waals surface area contributed by atoms with E-state index in [4.69, 9.17) is 0 Å². The summed E-state index contributed by atoms with van der Waals surface area (Å²) in [6, 6.07) is 63.0. The molecule has 0 nitrogen and oxygen atoms in total. The van der Waals surface area contributed by atoms with E-state index in [9.17, 15) is 0 Å². The van der Waals surface area contributed by atoms with Gasteiger partial charge in [0.2, 0.25) is 0 Å². The van der Waals surface area contributed by atoms with E-state index in [0.717, 1.165) is 0 Å². The van der Waals surface area contributed by atoms with Crippen molar-refractivity contribution in [2.24, 2.45) is 0 Å². The molecule has 0 atom stereocenters. The molecule has 0 amide bonds. The highest BCUT2D eigenvalue weighted by molar-refractivity contribution is 6.18. The average Bonchev–Trinajstić information content (AvgIpc) is 3.12. The minimum Gasteiger partial charge on any atom is -0.0616 e. The molecule has 0 radical (unpaired) electrons. The van der Waals surface area contributed by atoms with Crippen LogP contribution in [0.1, 0.15) is 0 Å². The fourth-order valence-corrected chi connectivity index (χ4v) is 7.80. The topological polar surface area (TPSA) is 0 Å². The van der Waals surface area contributed by atoms with Gasteiger partial charge in [-0.25, -0.2) is 0 Å². The first kappa shape index (κ1) is 25.4. The second-order valence-corrected chi connectivity index (χ2v) is 12.5. The van der Waals surface area contributed by atoms with E-state index < -0.39 is 0 Å². The van der Waals surface area contributed by atoms with Gasteiger partial charge in [-0.3, -0.25) is 0 Å². The second kappa shape index (κ2) is 9.76. The minimum atomic E-state index is 1.27. The molecule has 0 saturated heterocycles. The van der Waals surface area contributed by atoms with Gasteiger partial charge in [0.25, 0.3) is 0 Å². The molecule has 0 aliphatic carbocycles. The molecule has 0 aromatic heterocycles. The Morgan fingerprint density at radius 3 is 0.978 bits per heavy atom. The Labute approximate surface area is 266 Å². The average molecular weight is 581 g/mol. The van der Waals surface area contributed by atoms with Crippen molar-refractivity contribution in [3.05, 3.63) is 170 Å². The van der Waals surface area contributed by atoms with Gasteiger partial charge in [-0.05, 0) is 122 Å². The Hall–Kier alpha value is -5.98. The van der Waals surface area contributed by atoms with Crippen molar-refractivity contribution in [1.29, 1.82) is 0 Å². The number of hydrogen-bond donors (Lipinski definition) is 0. The zero-order chi connectivity index (χ0) is 30.2. The Kier molecular flexibility index (Phi) is 5.38. The zero-order valence-corrected chi connectivity index (χ0v) is 25.2. The summed E-state index contributed by atoms with van der Waals surface area (Å²) in [6.07, 6.45) is 0. The Balaban J connectivity index is 1.20. The summed E-state index contributed by atoms with van der Waals surface area (Å²) in [7, 11) is 0. The first-order valence-electron chi connectivity index (χ1n) is 16.0. The van der Waals surface area contributed by atoms with Crippen molar-refractivity contribution in [1.82, 2.24) is 0 Å². The number of benzene rings is 10. The molecule has 0 N–H and O–H groups in total. The van der Waals surface area contributed by atoms with Crippen LogP contribution < -0.4 is 0 Å². The monoisotopic (exact) mass is 580 g/mol. The molecule has 212 valence electrons. The predicted molar refractivity (Wildman–Crippen MR) is 200 cm³/mol. The predicted octanol–water partition coefficient (Wildman–Crippen LogP) is 13.1. The third-order valence-corrected chi connectivity index (χ3v) is 9.99. The van der Waals surface area contributed by atoms with Gasteiger partial charge in [-0.2, -0.15) is 0 Å². The summed E-state index contributed by atoms with van der Waals surface area (Å²) >= 11 is 0. The lowest BCUT2D eigenvalue weighted by Gasteiger charge is -2.16. The fourth-order valence-electron chi connectivity index (χ4n) is 7.80. The fraction of sp³-hybridized carbons (Fsp3) is 0. The maximum Gasteiger partial charge on any atom is -0.00987 e. The standard InChI is InChI=1S/C46H28/c1-3-13-35-29(9-1)19-21-33-27-45-31(25-43(33)35)11-7-17-39(45)41-23-24-42(38-16-6-5-15-37(38)41)40-18-8-12-32-26-44-34(28-46(32)40)22-20-30-10-2-4-14-36(30)44/h1-28H. The lowest BCUT2D eigenvalue weighted by atomic mass is 9.87. The number of fused-ring (bicyclic) bond motifs is 9. The van der Waals surface area contributed by atoms with E-state index in [1.54, 1.807) is 0 Å². The van der Waals surface area contributed by atoms with E-state index in [0.29, 0.717) is 0 Å². The molecule has 0 heteroatoms. The smallest absolute Gasteiger partial charge is 0.00987 e. The van der Waals surface area contributed by atoms with Crippen molar-refractivity contribution >= 4 is 75.4 Å². The highest BCUT2D eigenvalue weighted by Gasteiger charge is 2.15. The molecule has 0 saturated carbocycles. The lowest BCUT2D eigenvalue weighted by molar-refractivity contribution is 1.67. The summed E-state index contributed by atoms with van der Waals surface area (Å²) in [5.74, 6) is 0. The highest BCUT2D eigenvalue weighted by Crippen LogP contribution is 2.42. The van der Waals surface area contributed by atoms with E-state index >= 15 is 0 Å². The quantitative estimate of drug-likeness (QED) is 0.141. The van der Waals surface area contributed by atoms with Crippen LogP contribution in [0.5, 0.6) is 0 Å².